The Labute approximate surface area is 223 Å². The lowest BCUT2D eigenvalue weighted by atomic mass is 10.1. The second-order valence-electron chi connectivity index (χ2n) is 8.51. The first-order chi connectivity index (χ1) is 18.9. The molecule has 10 heteroatoms. The number of ketones is 1. The number of benzene rings is 2. The van der Waals surface area contributed by atoms with E-state index in [9.17, 15) is 14.4 Å². The molecule has 196 valence electrons. The number of ether oxygens (including phenoxy) is 2. The molecule has 0 fully saturated rings. The molecule has 0 saturated carbocycles. The number of hydrogen-bond donors (Lipinski definition) is 1. The quantitative estimate of drug-likeness (QED) is 0.206. The van der Waals surface area contributed by atoms with Crippen LogP contribution in [0, 0.1) is 0 Å². The molecule has 5 aromatic rings. The van der Waals surface area contributed by atoms with E-state index in [4.69, 9.17) is 13.9 Å². The third-order valence-electron chi connectivity index (χ3n) is 5.84. The van der Waals surface area contributed by atoms with Gasteiger partial charge in [0.25, 0.3) is 5.91 Å². The number of nitrogens with one attached hydrogen (secondary N) is 1. The van der Waals surface area contributed by atoms with Crippen LogP contribution in [-0.4, -0.2) is 38.9 Å². The minimum absolute atomic E-state index is 0.0210. The fourth-order valence-corrected chi connectivity index (χ4v) is 3.93. The first-order valence-electron chi connectivity index (χ1n) is 12.2. The number of Topliss-reactive ketones (excluding diaryl/α,β-unsaturated/α-hetero) is 1. The lowest BCUT2D eigenvalue weighted by molar-refractivity contribution is 0.0528. The van der Waals surface area contributed by atoms with Crippen molar-refractivity contribution in [2.45, 2.75) is 20.5 Å². The van der Waals surface area contributed by atoms with Crippen molar-refractivity contribution in [1.82, 2.24) is 14.6 Å². The molecule has 0 aliphatic carbocycles. The van der Waals surface area contributed by atoms with E-state index in [2.05, 4.69) is 15.4 Å². The van der Waals surface area contributed by atoms with Crippen molar-refractivity contribution in [3.8, 4) is 17.0 Å². The summed E-state index contributed by atoms with van der Waals surface area (Å²) in [5, 5.41) is 7.15. The zero-order chi connectivity index (χ0) is 27.4. The molecule has 1 amide bonds. The summed E-state index contributed by atoms with van der Waals surface area (Å²) < 4.78 is 18.0. The number of furan rings is 1. The maximum atomic E-state index is 12.8. The van der Waals surface area contributed by atoms with E-state index >= 15 is 0 Å². The SMILES string of the molecule is CCOC(=O)c1cnn2c(-c3cccc(NC(=O)c4ccc(COc5ccc(C(C)=O)cc5)o4)c3)ccnc12. The highest BCUT2D eigenvalue weighted by Crippen LogP contribution is 2.25. The minimum Gasteiger partial charge on any atom is -0.486 e. The molecule has 3 aromatic heterocycles. The van der Waals surface area contributed by atoms with Crippen LogP contribution in [0.1, 0.15) is 50.9 Å². The Balaban J connectivity index is 1.28. The van der Waals surface area contributed by atoms with Crippen LogP contribution in [0.5, 0.6) is 5.75 Å². The predicted molar refractivity (Wildman–Crippen MR) is 142 cm³/mol. The van der Waals surface area contributed by atoms with Gasteiger partial charge in [-0.25, -0.2) is 14.3 Å². The van der Waals surface area contributed by atoms with Crippen LogP contribution in [0.15, 0.2) is 83.5 Å². The molecule has 0 bridgehead atoms. The summed E-state index contributed by atoms with van der Waals surface area (Å²) in [5.41, 5.74) is 3.22. The molecule has 39 heavy (non-hydrogen) atoms. The van der Waals surface area contributed by atoms with Crippen LogP contribution in [0.3, 0.4) is 0 Å². The molecule has 0 unspecified atom stereocenters. The topological polar surface area (TPSA) is 125 Å². The molecule has 0 atom stereocenters. The average molecular weight is 525 g/mol. The summed E-state index contributed by atoms with van der Waals surface area (Å²) in [4.78, 5) is 40.8. The number of hydrogen-bond acceptors (Lipinski definition) is 8. The first kappa shape index (κ1) is 25.4. The Bertz CT molecular complexity index is 1670. The summed E-state index contributed by atoms with van der Waals surface area (Å²) in [6.07, 6.45) is 3.01. The van der Waals surface area contributed by atoms with Crippen LogP contribution in [0.2, 0.25) is 0 Å². The number of aromatic nitrogens is 3. The molecule has 0 aliphatic heterocycles. The minimum atomic E-state index is -0.493. The predicted octanol–water partition coefficient (Wildman–Crippen LogP) is 5.20. The number of amides is 1. The molecular formula is C29H24N4O6. The van der Waals surface area contributed by atoms with Gasteiger partial charge < -0.3 is 19.2 Å². The number of carbonyl (C=O) groups excluding carboxylic acids is 3. The van der Waals surface area contributed by atoms with E-state index in [0.717, 1.165) is 5.56 Å². The first-order valence-corrected chi connectivity index (χ1v) is 12.2. The zero-order valence-corrected chi connectivity index (χ0v) is 21.2. The third kappa shape index (κ3) is 5.54. The van der Waals surface area contributed by atoms with E-state index in [1.807, 2.05) is 6.07 Å². The summed E-state index contributed by atoms with van der Waals surface area (Å²) in [5.74, 6) is 0.242. The van der Waals surface area contributed by atoms with Crippen LogP contribution in [-0.2, 0) is 11.3 Å². The molecule has 1 N–H and O–H groups in total. The van der Waals surface area contributed by atoms with Gasteiger partial charge in [-0.15, -0.1) is 0 Å². The highest BCUT2D eigenvalue weighted by atomic mass is 16.5. The van der Waals surface area contributed by atoms with Crippen LogP contribution < -0.4 is 10.1 Å². The molecule has 5 rings (SSSR count). The zero-order valence-electron chi connectivity index (χ0n) is 21.2. The van der Waals surface area contributed by atoms with Gasteiger partial charge in [0.15, 0.2) is 17.2 Å². The molecule has 0 aliphatic rings. The summed E-state index contributed by atoms with van der Waals surface area (Å²) in [6.45, 7) is 3.61. The maximum Gasteiger partial charge on any atom is 0.343 e. The van der Waals surface area contributed by atoms with Crippen molar-refractivity contribution in [2.75, 3.05) is 11.9 Å². The van der Waals surface area contributed by atoms with E-state index in [-0.39, 0.29) is 30.3 Å². The van der Waals surface area contributed by atoms with Gasteiger partial charge in [-0.1, -0.05) is 12.1 Å². The van der Waals surface area contributed by atoms with Gasteiger partial charge in [0, 0.05) is 23.0 Å². The van der Waals surface area contributed by atoms with Gasteiger partial charge in [-0.05, 0) is 68.4 Å². The van der Waals surface area contributed by atoms with Crippen molar-refractivity contribution in [1.29, 1.82) is 0 Å². The Kier molecular flexibility index (Phi) is 7.17. The average Bonchev–Trinajstić information content (AvgIpc) is 3.60. The molecule has 3 heterocycles. The number of carbonyl (C=O) groups is 3. The van der Waals surface area contributed by atoms with Crippen molar-refractivity contribution in [2.24, 2.45) is 0 Å². The summed E-state index contributed by atoms with van der Waals surface area (Å²) in [7, 11) is 0. The highest BCUT2D eigenvalue weighted by Gasteiger charge is 2.18. The number of esters is 1. The Hall–Kier alpha value is -5.25. The van der Waals surface area contributed by atoms with Crippen molar-refractivity contribution >= 4 is 29.0 Å². The van der Waals surface area contributed by atoms with E-state index in [0.29, 0.717) is 34.1 Å². The van der Waals surface area contributed by atoms with E-state index in [1.165, 1.54) is 13.1 Å². The van der Waals surface area contributed by atoms with Gasteiger partial charge in [0.2, 0.25) is 0 Å². The van der Waals surface area contributed by atoms with E-state index < -0.39 is 11.9 Å². The van der Waals surface area contributed by atoms with Gasteiger partial charge >= 0.3 is 5.97 Å². The Morgan fingerprint density at radius 2 is 1.85 bits per heavy atom. The lowest BCUT2D eigenvalue weighted by Crippen LogP contribution is -2.11. The largest absolute Gasteiger partial charge is 0.486 e. The lowest BCUT2D eigenvalue weighted by Gasteiger charge is -2.08. The molecule has 10 nitrogen and oxygen atoms in total. The van der Waals surface area contributed by atoms with Crippen LogP contribution >= 0.6 is 0 Å². The molecule has 0 spiro atoms. The number of fused-ring (bicyclic) bond motifs is 1. The van der Waals surface area contributed by atoms with Gasteiger partial charge in [0.1, 0.15) is 23.7 Å². The molecular weight excluding hydrogens is 500 g/mol. The maximum absolute atomic E-state index is 12.8. The van der Waals surface area contributed by atoms with Crippen molar-refractivity contribution < 1.29 is 28.3 Å². The van der Waals surface area contributed by atoms with Gasteiger partial charge in [-0.3, -0.25) is 9.59 Å². The van der Waals surface area contributed by atoms with Crippen LogP contribution in [0.25, 0.3) is 16.9 Å². The second-order valence-corrected chi connectivity index (χ2v) is 8.51. The number of anilines is 1. The Morgan fingerprint density at radius 1 is 1.03 bits per heavy atom. The standard InChI is InChI=1S/C29H24N4O6/c1-3-37-29(36)24-16-31-33-25(13-14-30-27(24)33)20-5-4-6-21(15-20)32-28(35)26-12-11-23(39-26)17-38-22-9-7-19(8-10-22)18(2)34/h4-16H,3,17H2,1-2H3,(H,32,35). The smallest absolute Gasteiger partial charge is 0.343 e. The fraction of sp³-hybridized carbons (Fsp3) is 0.138. The third-order valence-corrected chi connectivity index (χ3v) is 5.84. The molecule has 0 radical (unpaired) electrons. The normalized spacial score (nSPS) is 10.8. The van der Waals surface area contributed by atoms with Crippen LogP contribution in [0.4, 0.5) is 5.69 Å². The Morgan fingerprint density at radius 3 is 2.62 bits per heavy atom. The summed E-state index contributed by atoms with van der Waals surface area (Å²) in [6, 6.07) is 19.0. The highest BCUT2D eigenvalue weighted by molar-refractivity contribution is 6.02. The second kappa shape index (κ2) is 11.0. The van der Waals surface area contributed by atoms with Crippen molar-refractivity contribution in [3.05, 3.63) is 102 Å². The van der Waals surface area contributed by atoms with E-state index in [1.54, 1.807) is 78.3 Å². The molecule has 2 aromatic carbocycles. The van der Waals surface area contributed by atoms with Crippen molar-refractivity contribution in [3.63, 3.8) is 0 Å². The summed E-state index contributed by atoms with van der Waals surface area (Å²) >= 11 is 0. The number of rotatable bonds is 9. The van der Waals surface area contributed by atoms with Gasteiger partial charge in [-0.2, -0.15) is 5.10 Å². The van der Waals surface area contributed by atoms with Gasteiger partial charge in [0.05, 0.1) is 18.5 Å². The number of nitrogens with zero attached hydrogens (tertiary/aromatic N) is 3. The molecule has 0 saturated heterocycles. The fourth-order valence-electron chi connectivity index (χ4n) is 3.93. The monoisotopic (exact) mass is 524 g/mol.